The van der Waals surface area contributed by atoms with Crippen molar-refractivity contribution >= 4 is 11.7 Å². The van der Waals surface area contributed by atoms with E-state index < -0.39 is 0 Å². The maximum absolute atomic E-state index is 11.5. The molecule has 0 aliphatic heterocycles. The predicted octanol–water partition coefficient (Wildman–Crippen LogP) is 0.766. The highest BCUT2D eigenvalue weighted by atomic mass is 16.1. The summed E-state index contributed by atoms with van der Waals surface area (Å²) in [6.45, 7) is 3.27. The van der Waals surface area contributed by atoms with Gasteiger partial charge in [-0.2, -0.15) is 0 Å². The number of amides is 1. The van der Waals surface area contributed by atoms with Crippen LogP contribution in [0.15, 0.2) is 12.1 Å². The minimum absolute atomic E-state index is 0.195. The Morgan fingerprint density at radius 2 is 2.26 bits per heavy atom. The molecule has 104 valence electrons. The van der Waals surface area contributed by atoms with Crippen LogP contribution in [0.25, 0.3) is 0 Å². The number of aromatic nitrogens is 2. The van der Waals surface area contributed by atoms with Crippen molar-refractivity contribution in [2.75, 3.05) is 18.4 Å². The Kier molecular flexibility index (Phi) is 4.68. The molecule has 6 heteroatoms. The molecule has 0 saturated heterocycles. The van der Waals surface area contributed by atoms with E-state index >= 15 is 0 Å². The highest BCUT2D eigenvalue weighted by Crippen LogP contribution is 2.23. The van der Waals surface area contributed by atoms with E-state index in [1.807, 2.05) is 6.92 Å². The third-order valence-electron chi connectivity index (χ3n) is 3.50. The largest absolute Gasteiger partial charge is 0.368 e. The van der Waals surface area contributed by atoms with E-state index in [4.69, 9.17) is 5.73 Å². The van der Waals surface area contributed by atoms with Crippen molar-refractivity contribution in [2.45, 2.75) is 32.2 Å². The van der Waals surface area contributed by atoms with Crippen LogP contribution >= 0.6 is 0 Å². The summed E-state index contributed by atoms with van der Waals surface area (Å²) in [4.78, 5) is 11.5. The lowest BCUT2D eigenvalue weighted by Gasteiger charge is -2.15. The summed E-state index contributed by atoms with van der Waals surface area (Å²) in [6, 6.07) is 3.74. The molecule has 1 aliphatic carbocycles. The summed E-state index contributed by atoms with van der Waals surface area (Å²) < 4.78 is 0. The number of hydrogen-bond acceptors (Lipinski definition) is 5. The van der Waals surface area contributed by atoms with Crippen molar-refractivity contribution < 1.29 is 4.79 Å². The number of hydrogen-bond donors (Lipinski definition) is 3. The van der Waals surface area contributed by atoms with Gasteiger partial charge in [-0.05, 0) is 37.8 Å². The highest BCUT2D eigenvalue weighted by Gasteiger charge is 2.23. The Balaban J connectivity index is 1.86. The molecule has 2 unspecified atom stereocenters. The lowest BCUT2D eigenvalue weighted by molar-refractivity contribution is 0.0950. The number of carbonyl (C=O) groups is 1. The van der Waals surface area contributed by atoms with E-state index in [0.717, 1.165) is 13.0 Å². The third kappa shape index (κ3) is 3.64. The summed E-state index contributed by atoms with van der Waals surface area (Å²) >= 11 is 0. The SMILES string of the molecule is CCNC(=O)c1ccc(NCC2CCCC2N)nn1. The first kappa shape index (κ1) is 13.7. The molecule has 2 rings (SSSR count). The molecule has 6 nitrogen and oxygen atoms in total. The molecular weight excluding hydrogens is 242 g/mol. The number of anilines is 1. The number of rotatable bonds is 5. The summed E-state index contributed by atoms with van der Waals surface area (Å²) in [6.07, 6.45) is 3.47. The minimum Gasteiger partial charge on any atom is -0.368 e. The average molecular weight is 263 g/mol. The first-order valence-corrected chi connectivity index (χ1v) is 6.82. The van der Waals surface area contributed by atoms with E-state index in [1.54, 1.807) is 12.1 Å². The average Bonchev–Trinajstić information content (AvgIpc) is 2.83. The Morgan fingerprint density at radius 3 is 2.84 bits per heavy atom. The number of nitrogens with zero attached hydrogens (tertiary/aromatic N) is 2. The fourth-order valence-electron chi connectivity index (χ4n) is 2.35. The van der Waals surface area contributed by atoms with Crippen LogP contribution in [-0.4, -0.2) is 35.2 Å². The molecule has 0 radical (unpaired) electrons. The first-order chi connectivity index (χ1) is 9.20. The number of carbonyl (C=O) groups excluding carboxylic acids is 1. The standard InChI is InChI=1S/C13H21N5O/c1-2-15-13(19)11-6-7-12(18-17-11)16-8-9-4-3-5-10(9)14/h6-7,9-10H,2-5,8,14H2,1H3,(H,15,19)(H,16,18). The minimum atomic E-state index is -0.195. The zero-order valence-electron chi connectivity index (χ0n) is 11.2. The van der Waals surface area contributed by atoms with Crippen LogP contribution < -0.4 is 16.4 Å². The molecule has 1 amide bonds. The van der Waals surface area contributed by atoms with Crippen LogP contribution in [-0.2, 0) is 0 Å². The zero-order chi connectivity index (χ0) is 13.7. The second kappa shape index (κ2) is 6.47. The third-order valence-corrected chi connectivity index (χ3v) is 3.50. The molecule has 2 atom stereocenters. The molecule has 4 N–H and O–H groups in total. The molecule has 19 heavy (non-hydrogen) atoms. The van der Waals surface area contributed by atoms with Crippen LogP contribution in [0.2, 0.25) is 0 Å². The summed E-state index contributed by atoms with van der Waals surface area (Å²) in [5.74, 6) is 0.997. The van der Waals surface area contributed by atoms with Crippen LogP contribution in [0.1, 0.15) is 36.7 Å². The van der Waals surface area contributed by atoms with Crippen molar-refractivity contribution in [1.82, 2.24) is 15.5 Å². The summed E-state index contributed by atoms with van der Waals surface area (Å²) in [5, 5.41) is 13.8. The van der Waals surface area contributed by atoms with E-state index in [9.17, 15) is 4.79 Å². The van der Waals surface area contributed by atoms with Crippen LogP contribution in [0.5, 0.6) is 0 Å². The van der Waals surface area contributed by atoms with Gasteiger partial charge < -0.3 is 16.4 Å². The van der Waals surface area contributed by atoms with Gasteiger partial charge in [0.1, 0.15) is 5.82 Å². The van der Waals surface area contributed by atoms with Crippen molar-refractivity contribution in [3.8, 4) is 0 Å². The molecule has 0 bridgehead atoms. The van der Waals surface area contributed by atoms with Gasteiger partial charge in [0.05, 0.1) is 0 Å². The van der Waals surface area contributed by atoms with Gasteiger partial charge in [0.15, 0.2) is 5.69 Å². The molecular formula is C13H21N5O. The summed E-state index contributed by atoms with van der Waals surface area (Å²) in [5.41, 5.74) is 6.35. The fraction of sp³-hybridized carbons (Fsp3) is 0.615. The second-order valence-corrected chi connectivity index (χ2v) is 4.90. The number of nitrogens with one attached hydrogen (secondary N) is 2. The van der Waals surface area contributed by atoms with Crippen molar-refractivity contribution in [2.24, 2.45) is 11.7 Å². The monoisotopic (exact) mass is 263 g/mol. The second-order valence-electron chi connectivity index (χ2n) is 4.90. The van der Waals surface area contributed by atoms with Gasteiger partial charge >= 0.3 is 0 Å². The van der Waals surface area contributed by atoms with Crippen molar-refractivity contribution in [3.05, 3.63) is 17.8 Å². The van der Waals surface area contributed by atoms with Gasteiger partial charge in [-0.3, -0.25) is 4.79 Å². The van der Waals surface area contributed by atoms with Crippen molar-refractivity contribution in [3.63, 3.8) is 0 Å². The van der Waals surface area contributed by atoms with E-state index in [-0.39, 0.29) is 11.9 Å². The molecule has 1 aromatic rings. The molecule has 1 aromatic heterocycles. The lowest BCUT2D eigenvalue weighted by Crippen LogP contribution is -2.30. The Bertz CT molecular complexity index is 420. The molecule has 0 spiro atoms. The molecule has 1 saturated carbocycles. The van der Waals surface area contributed by atoms with E-state index in [1.165, 1.54) is 12.8 Å². The van der Waals surface area contributed by atoms with Crippen LogP contribution in [0.3, 0.4) is 0 Å². The van der Waals surface area contributed by atoms with Crippen LogP contribution in [0.4, 0.5) is 5.82 Å². The molecule has 1 aliphatic rings. The Hall–Kier alpha value is -1.69. The Morgan fingerprint density at radius 1 is 1.42 bits per heavy atom. The van der Waals surface area contributed by atoms with E-state index in [2.05, 4.69) is 20.8 Å². The fourth-order valence-corrected chi connectivity index (χ4v) is 2.35. The molecule has 1 heterocycles. The van der Waals surface area contributed by atoms with Gasteiger partial charge in [-0.1, -0.05) is 6.42 Å². The van der Waals surface area contributed by atoms with Gasteiger partial charge in [-0.15, -0.1) is 10.2 Å². The van der Waals surface area contributed by atoms with Crippen molar-refractivity contribution in [1.29, 1.82) is 0 Å². The maximum Gasteiger partial charge on any atom is 0.271 e. The van der Waals surface area contributed by atoms with Gasteiger partial charge in [0.2, 0.25) is 0 Å². The maximum atomic E-state index is 11.5. The quantitative estimate of drug-likeness (QED) is 0.729. The first-order valence-electron chi connectivity index (χ1n) is 6.82. The lowest BCUT2D eigenvalue weighted by atomic mass is 10.1. The normalized spacial score (nSPS) is 22.2. The Labute approximate surface area is 113 Å². The smallest absolute Gasteiger partial charge is 0.271 e. The highest BCUT2D eigenvalue weighted by molar-refractivity contribution is 5.92. The molecule has 0 aromatic carbocycles. The van der Waals surface area contributed by atoms with Gasteiger partial charge in [0, 0.05) is 19.1 Å². The molecule has 1 fully saturated rings. The van der Waals surface area contributed by atoms with E-state index in [0.29, 0.717) is 24.0 Å². The van der Waals surface area contributed by atoms with Crippen LogP contribution in [0, 0.1) is 5.92 Å². The van der Waals surface area contributed by atoms with Gasteiger partial charge in [-0.25, -0.2) is 0 Å². The van der Waals surface area contributed by atoms with Gasteiger partial charge in [0.25, 0.3) is 5.91 Å². The predicted molar refractivity (Wildman–Crippen MR) is 73.8 cm³/mol. The summed E-state index contributed by atoms with van der Waals surface area (Å²) in [7, 11) is 0. The topological polar surface area (TPSA) is 92.9 Å². The number of nitrogens with two attached hydrogens (primary N) is 1. The zero-order valence-corrected chi connectivity index (χ0v) is 11.2.